The van der Waals surface area contributed by atoms with E-state index in [0.29, 0.717) is 29.4 Å². The zero-order chi connectivity index (χ0) is 17.2. The second-order valence-electron chi connectivity index (χ2n) is 4.89. The van der Waals surface area contributed by atoms with Crippen LogP contribution in [-0.2, 0) is 10.2 Å². The summed E-state index contributed by atoms with van der Waals surface area (Å²) < 4.78 is 5.06. The predicted molar refractivity (Wildman–Crippen MR) is 93.8 cm³/mol. The normalized spacial score (nSPS) is 23.3. The third-order valence-electron chi connectivity index (χ3n) is 3.58. The maximum Gasteiger partial charge on any atom is 0.136 e. The molecule has 2 unspecified atom stereocenters. The zero-order valence-corrected chi connectivity index (χ0v) is 15.8. The van der Waals surface area contributed by atoms with Crippen molar-refractivity contribution in [2.75, 3.05) is 20.3 Å². The average Bonchev–Trinajstić information content (AvgIpc) is 2.77. The van der Waals surface area contributed by atoms with Crippen molar-refractivity contribution < 1.29 is 4.74 Å². The summed E-state index contributed by atoms with van der Waals surface area (Å²) in [5.41, 5.74) is -0.438. The van der Waals surface area contributed by atoms with Crippen molar-refractivity contribution in [2.45, 2.75) is 10.4 Å². The highest BCUT2D eigenvalue weighted by molar-refractivity contribution is 9.09. The van der Waals surface area contributed by atoms with Crippen LogP contribution in [0, 0.1) is 22.7 Å². The fourth-order valence-corrected chi connectivity index (χ4v) is 4.54. The van der Waals surface area contributed by atoms with Crippen molar-refractivity contribution >= 4 is 50.7 Å². The molecule has 8 heteroatoms. The zero-order valence-electron chi connectivity index (χ0n) is 12.0. The van der Waals surface area contributed by atoms with Crippen molar-refractivity contribution in [2.24, 2.45) is 0 Å². The molecule has 1 aromatic rings. The van der Waals surface area contributed by atoms with Crippen molar-refractivity contribution in [1.82, 2.24) is 4.90 Å². The highest BCUT2D eigenvalue weighted by Gasteiger charge is 2.49. The molecule has 2 atom stereocenters. The standard InChI is InChI=1S/C15H11BrCl3N3O/c1-23-3-2-22-10(7-20)6-15(8-21,14(22)16)13-11(18)4-9(17)5-12(13)19/h4-6,14H,2-3H2,1H3. The van der Waals surface area contributed by atoms with Gasteiger partial charge in [-0.3, -0.25) is 0 Å². The number of benzene rings is 1. The molecular weight excluding hydrogens is 424 g/mol. The van der Waals surface area contributed by atoms with Gasteiger partial charge in [-0.2, -0.15) is 10.5 Å². The lowest BCUT2D eigenvalue weighted by molar-refractivity contribution is 0.163. The van der Waals surface area contributed by atoms with Gasteiger partial charge in [0, 0.05) is 34.3 Å². The van der Waals surface area contributed by atoms with E-state index in [0.717, 1.165) is 0 Å². The van der Waals surface area contributed by atoms with Crippen molar-refractivity contribution in [3.05, 3.63) is 44.5 Å². The molecule has 0 aromatic heterocycles. The molecule has 0 aliphatic carbocycles. The van der Waals surface area contributed by atoms with Crippen LogP contribution in [-0.4, -0.2) is 30.1 Å². The average molecular weight is 436 g/mol. The largest absolute Gasteiger partial charge is 0.383 e. The number of hydrogen-bond donors (Lipinski definition) is 0. The van der Waals surface area contributed by atoms with Crippen molar-refractivity contribution in [1.29, 1.82) is 10.5 Å². The number of allylic oxidation sites excluding steroid dienone is 1. The molecule has 120 valence electrons. The van der Waals surface area contributed by atoms with E-state index in [2.05, 4.69) is 28.1 Å². The Kier molecular flexibility index (Phi) is 5.84. The molecule has 0 bridgehead atoms. The van der Waals surface area contributed by atoms with Crippen molar-refractivity contribution in [3.63, 3.8) is 0 Å². The first kappa shape index (κ1) is 18.4. The van der Waals surface area contributed by atoms with Crippen LogP contribution in [0.4, 0.5) is 0 Å². The van der Waals surface area contributed by atoms with Gasteiger partial charge in [-0.05, 0) is 18.2 Å². The van der Waals surface area contributed by atoms with Gasteiger partial charge in [0.05, 0.1) is 12.7 Å². The molecule has 0 fully saturated rings. The SMILES string of the molecule is COCCN1C(C#N)=CC(C#N)(c2c(Cl)cc(Cl)cc2Cl)C1Br. The third-order valence-corrected chi connectivity index (χ3v) is 5.61. The van der Waals surface area contributed by atoms with E-state index in [4.69, 9.17) is 39.5 Å². The Balaban J connectivity index is 2.61. The molecule has 1 aliphatic heterocycles. The molecule has 1 aliphatic rings. The van der Waals surface area contributed by atoms with Gasteiger partial charge < -0.3 is 9.64 Å². The van der Waals surface area contributed by atoms with E-state index >= 15 is 0 Å². The summed E-state index contributed by atoms with van der Waals surface area (Å²) in [5, 5.41) is 20.2. The van der Waals surface area contributed by atoms with Crippen molar-refractivity contribution in [3.8, 4) is 12.1 Å². The molecule has 0 spiro atoms. The maximum atomic E-state index is 9.87. The van der Waals surface area contributed by atoms with Crippen LogP contribution in [0.2, 0.25) is 15.1 Å². The Bertz CT molecular complexity index is 717. The molecule has 0 radical (unpaired) electrons. The highest BCUT2D eigenvalue weighted by Crippen LogP contribution is 2.48. The fraction of sp³-hybridized carbons (Fsp3) is 0.333. The minimum absolute atomic E-state index is 0.274. The Morgan fingerprint density at radius 3 is 2.39 bits per heavy atom. The number of alkyl halides is 1. The summed E-state index contributed by atoms with van der Waals surface area (Å²) in [5.74, 6) is 0. The molecule has 0 saturated carbocycles. The topological polar surface area (TPSA) is 60.0 Å². The summed E-state index contributed by atoms with van der Waals surface area (Å²) in [4.78, 5) is 1.23. The minimum Gasteiger partial charge on any atom is -0.383 e. The Morgan fingerprint density at radius 1 is 1.30 bits per heavy atom. The second-order valence-corrected chi connectivity index (χ2v) is 7.01. The molecule has 0 amide bonds. The van der Waals surface area contributed by atoms with E-state index in [1.807, 2.05) is 0 Å². The molecule has 0 N–H and O–H groups in total. The van der Waals surface area contributed by atoms with Gasteiger partial charge in [0.25, 0.3) is 0 Å². The molecule has 1 heterocycles. The Hall–Kier alpha value is -0.950. The van der Waals surface area contributed by atoms with Gasteiger partial charge >= 0.3 is 0 Å². The lowest BCUT2D eigenvalue weighted by Crippen LogP contribution is -2.40. The van der Waals surface area contributed by atoms with Crippen LogP contribution in [0.3, 0.4) is 0 Å². The first-order valence-electron chi connectivity index (χ1n) is 6.50. The van der Waals surface area contributed by atoms with Crippen LogP contribution < -0.4 is 0 Å². The van der Waals surface area contributed by atoms with E-state index < -0.39 is 10.4 Å². The number of methoxy groups -OCH3 is 1. The minimum atomic E-state index is -1.21. The summed E-state index contributed by atoms with van der Waals surface area (Å²) in [6.45, 7) is 0.850. The number of halogens is 4. The quantitative estimate of drug-likeness (QED) is 0.516. The van der Waals surface area contributed by atoms with Gasteiger partial charge in [0.1, 0.15) is 22.1 Å². The van der Waals surface area contributed by atoms with Crippen LogP contribution in [0.15, 0.2) is 23.9 Å². The fourth-order valence-electron chi connectivity index (χ4n) is 2.53. The first-order chi connectivity index (χ1) is 10.9. The summed E-state index contributed by atoms with van der Waals surface area (Å²) in [6.07, 6.45) is 1.57. The lowest BCUT2D eigenvalue weighted by atomic mass is 9.82. The molecule has 4 nitrogen and oxygen atoms in total. The smallest absolute Gasteiger partial charge is 0.136 e. The van der Waals surface area contributed by atoms with Gasteiger partial charge in [-0.15, -0.1) is 0 Å². The number of rotatable bonds is 4. The lowest BCUT2D eigenvalue weighted by Gasteiger charge is -2.32. The van der Waals surface area contributed by atoms with Gasteiger partial charge in [0.2, 0.25) is 0 Å². The summed E-state index contributed by atoms with van der Waals surface area (Å²) in [6, 6.07) is 7.40. The van der Waals surface area contributed by atoms with Gasteiger partial charge in [-0.1, -0.05) is 50.7 Å². The Morgan fingerprint density at radius 2 is 1.91 bits per heavy atom. The van der Waals surface area contributed by atoms with Crippen LogP contribution in [0.1, 0.15) is 5.56 Å². The van der Waals surface area contributed by atoms with Crippen LogP contribution in [0.25, 0.3) is 0 Å². The van der Waals surface area contributed by atoms with Crippen LogP contribution >= 0.6 is 50.7 Å². The van der Waals surface area contributed by atoms with E-state index in [-0.39, 0.29) is 10.0 Å². The number of nitrogens with zero attached hydrogens (tertiary/aromatic N) is 3. The third kappa shape index (κ3) is 3.18. The Labute approximate surface area is 157 Å². The molecule has 2 rings (SSSR count). The van der Waals surface area contributed by atoms with Gasteiger partial charge in [0.15, 0.2) is 0 Å². The van der Waals surface area contributed by atoms with E-state index in [1.54, 1.807) is 18.1 Å². The van der Waals surface area contributed by atoms with E-state index in [1.165, 1.54) is 12.1 Å². The maximum absolute atomic E-state index is 9.87. The molecular formula is C15H11BrCl3N3O. The second kappa shape index (κ2) is 7.30. The monoisotopic (exact) mass is 433 g/mol. The van der Waals surface area contributed by atoms with Crippen LogP contribution in [0.5, 0.6) is 0 Å². The van der Waals surface area contributed by atoms with Gasteiger partial charge in [-0.25, -0.2) is 0 Å². The number of hydrogen-bond acceptors (Lipinski definition) is 4. The summed E-state index contributed by atoms with van der Waals surface area (Å²) >= 11 is 22.1. The summed E-state index contributed by atoms with van der Waals surface area (Å²) in [7, 11) is 1.57. The highest BCUT2D eigenvalue weighted by atomic mass is 79.9. The number of nitriles is 2. The number of ether oxygens (including phenoxy) is 1. The van der Waals surface area contributed by atoms with E-state index in [9.17, 15) is 10.5 Å². The molecule has 23 heavy (non-hydrogen) atoms. The first-order valence-corrected chi connectivity index (χ1v) is 8.55. The molecule has 0 saturated heterocycles. The molecule has 1 aromatic carbocycles. The predicted octanol–water partition coefficient (Wildman–Crippen LogP) is 4.50.